The maximum atomic E-state index is 12.9. The Labute approximate surface area is 194 Å². The van der Waals surface area contributed by atoms with Crippen LogP contribution in [0.4, 0.5) is 0 Å². The normalized spacial score (nSPS) is 17.7. The zero-order valence-corrected chi connectivity index (χ0v) is 19.7. The van der Waals surface area contributed by atoms with E-state index in [-0.39, 0.29) is 23.8 Å². The molecular formula is C25H30Cl2N2O2. The van der Waals surface area contributed by atoms with Gasteiger partial charge in [-0.3, -0.25) is 9.59 Å². The fraction of sp³-hybridized carbons (Fsp3) is 0.440. The summed E-state index contributed by atoms with van der Waals surface area (Å²) in [5, 5.41) is 3.93. The molecule has 0 heterocycles. The van der Waals surface area contributed by atoms with Crippen LogP contribution in [0.2, 0.25) is 10.0 Å². The van der Waals surface area contributed by atoms with Gasteiger partial charge in [0.15, 0.2) is 0 Å². The number of fused-ring (bicyclic) bond motifs is 1. The molecule has 2 aromatic rings. The quantitative estimate of drug-likeness (QED) is 0.482. The van der Waals surface area contributed by atoms with Crippen LogP contribution in [0.15, 0.2) is 42.5 Å². The largest absolute Gasteiger partial charge is 0.356 e. The molecule has 2 unspecified atom stereocenters. The Kier molecular flexibility index (Phi) is 8.39. The van der Waals surface area contributed by atoms with Gasteiger partial charge in [0.05, 0.1) is 16.1 Å². The molecule has 0 fully saturated rings. The second-order valence-electron chi connectivity index (χ2n) is 8.25. The molecule has 0 aromatic heterocycles. The minimum atomic E-state index is -0.00838. The SMILES string of the molecule is CC(=O)NCCCCCC(=O)N(C)C1CCC(c2ccc(Cl)c(Cl)c2)c2ccccc21. The first-order valence-electron chi connectivity index (χ1n) is 10.9. The van der Waals surface area contributed by atoms with Crippen LogP contribution in [0, 0.1) is 0 Å². The number of benzene rings is 2. The Balaban J connectivity index is 1.65. The third-order valence-electron chi connectivity index (χ3n) is 6.11. The number of rotatable bonds is 8. The average Bonchev–Trinajstić information content (AvgIpc) is 2.76. The van der Waals surface area contributed by atoms with E-state index in [1.807, 2.05) is 36.2 Å². The number of carbonyl (C=O) groups excluding carboxylic acids is 2. The van der Waals surface area contributed by atoms with E-state index in [9.17, 15) is 9.59 Å². The van der Waals surface area contributed by atoms with Gasteiger partial charge >= 0.3 is 0 Å². The molecule has 0 bridgehead atoms. The Morgan fingerprint density at radius 1 is 1.00 bits per heavy atom. The topological polar surface area (TPSA) is 49.4 Å². The van der Waals surface area contributed by atoms with Crippen LogP contribution < -0.4 is 5.32 Å². The average molecular weight is 461 g/mol. The standard InChI is InChI=1S/C25H30Cl2N2O2/c1-17(30)28-15-7-3-4-10-25(31)29(2)24-14-12-19(20-8-5-6-9-21(20)24)18-11-13-22(26)23(27)16-18/h5-6,8-9,11,13,16,19,24H,3-4,7,10,12,14-15H2,1-2H3,(H,28,30). The number of nitrogens with zero attached hydrogens (tertiary/aromatic N) is 1. The van der Waals surface area contributed by atoms with Crippen molar-refractivity contribution in [1.82, 2.24) is 10.2 Å². The second-order valence-corrected chi connectivity index (χ2v) is 9.06. The van der Waals surface area contributed by atoms with E-state index in [1.165, 1.54) is 18.1 Å². The summed E-state index contributed by atoms with van der Waals surface area (Å²) >= 11 is 12.4. The Morgan fingerprint density at radius 2 is 1.74 bits per heavy atom. The minimum absolute atomic E-state index is 0.00838. The van der Waals surface area contributed by atoms with Crippen LogP contribution >= 0.6 is 23.2 Å². The molecule has 0 saturated heterocycles. The van der Waals surface area contributed by atoms with Crippen LogP contribution in [0.3, 0.4) is 0 Å². The van der Waals surface area contributed by atoms with Gasteiger partial charge < -0.3 is 10.2 Å². The number of amides is 2. The van der Waals surface area contributed by atoms with E-state index in [0.29, 0.717) is 23.0 Å². The smallest absolute Gasteiger partial charge is 0.222 e. The zero-order chi connectivity index (χ0) is 22.4. The molecule has 0 radical (unpaired) electrons. The van der Waals surface area contributed by atoms with Crippen molar-refractivity contribution in [2.75, 3.05) is 13.6 Å². The molecule has 6 heteroatoms. The molecule has 1 aliphatic carbocycles. The molecule has 4 nitrogen and oxygen atoms in total. The molecule has 0 saturated carbocycles. The van der Waals surface area contributed by atoms with Crippen LogP contribution in [0.25, 0.3) is 0 Å². The van der Waals surface area contributed by atoms with E-state index in [0.717, 1.165) is 37.7 Å². The van der Waals surface area contributed by atoms with Gasteiger partial charge in [-0.2, -0.15) is 0 Å². The lowest BCUT2D eigenvalue weighted by Crippen LogP contribution is -2.34. The number of unbranched alkanes of at least 4 members (excludes halogenated alkanes) is 2. The molecule has 31 heavy (non-hydrogen) atoms. The van der Waals surface area contributed by atoms with Crippen molar-refractivity contribution in [3.63, 3.8) is 0 Å². The summed E-state index contributed by atoms with van der Waals surface area (Å²) in [5.41, 5.74) is 3.63. The summed E-state index contributed by atoms with van der Waals surface area (Å²) in [4.78, 5) is 25.7. The van der Waals surface area contributed by atoms with Crippen molar-refractivity contribution < 1.29 is 9.59 Å². The van der Waals surface area contributed by atoms with Crippen molar-refractivity contribution in [2.24, 2.45) is 0 Å². The van der Waals surface area contributed by atoms with Crippen LogP contribution in [-0.2, 0) is 9.59 Å². The fourth-order valence-corrected chi connectivity index (χ4v) is 4.74. The summed E-state index contributed by atoms with van der Waals surface area (Å²) in [6.45, 7) is 2.19. The minimum Gasteiger partial charge on any atom is -0.356 e. The third kappa shape index (κ3) is 6.02. The number of hydrogen-bond donors (Lipinski definition) is 1. The lowest BCUT2D eigenvalue weighted by atomic mass is 9.76. The van der Waals surface area contributed by atoms with E-state index in [4.69, 9.17) is 23.2 Å². The number of nitrogens with one attached hydrogen (secondary N) is 1. The van der Waals surface area contributed by atoms with Crippen molar-refractivity contribution in [2.45, 2.75) is 57.4 Å². The second kappa shape index (κ2) is 11.0. The molecule has 2 atom stereocenters. The first-order chi connectivity index (χ1) is 14.9. The molecule has 1 N–H and O–H groups in total. The van der Waals surface area contributed by atoms with E-state index >= 15 is 0 Å². The van der Waals surface area contributed by atoms with Gasteiger partial charge in [0.1, 0.15) is 0 Å². The number of carbonyl (C=O) groups is 2. The Morgan fingerprint density at radius 3 is 2.45 bits per heavy atom. The number of hydrogen-bond acceptors (Lipinski definition) is 2. The van der Waals surface area contributed by atoms with Gasteiger partial charge in [-0.25, -0.2) is 0 Å². The Hall–Kier alpha value is -2.04. The predicted molar refractivity (Wildman–Crippen MR) is 127 cm³/mol. The van der Waals surface area contributed by atoms with E-state index in [2.05, 4.69) is 23.5 Å². The molecule has 2 aromatic carbocycles. The highest BCUT2D eigenvalue weighted by Crippen LogP contribution is 2.44. The molecule has 0 spiro atoms. The first kappa shape index (κ1) is 23.6. The summed E-state index contributed by atoms with van der Waals surface area (Å²) in [5.74, 6) is 0.415. The lowest BCUT2D eigenvalue weighted by Gasteiger charge is -2.37. The monoisotopic (exact) mass is 460 g/mol. The van der Waals surface area contributed by atoms with E-state index < -0.39 is 0 Å². The fourth-order valence-electron chi connectivity index (χ4n) is 4.44. The highest BCUT2D eigenvalue weighted by molar-refractivity contribution is 6.42. The maximum absolute atomic E-state index is 12.9. The van der Waals surface area contributed by atoms with Gasteiger partial charge in [-0.1, -0.05) is 60.0 Å². The highest BCUT2D eigenvalue weighted by atomic mass is 35.5. The summed E-state index contributed by atoms with van der Waals surface area (Å²) in [6, 6.07) is 14.4. The molecule has 2 amide bonds. The van der Waals surface area contributed by atoms with Crippen molar-refractivity contribution >= 4 is 35.0 Å². The van der Waals surface area contributed by atoms with Gasteiger partial charge in [0, 0.05) is 32.9 Å². The van der Waals surface area contributed by atoms with Crippen molar-refractivity contribution in [1.29, 1.82) is 0 Å². The van der Waals surface area contributed by atoms with Crippen LogP contribution in [0.5, 0.6) is 0 Å². The molecule has 0 aliphatic heterocycles. The predicted octanol–water partition coefficient (Wildman–Crippen LogP) is 6.12. The van der Waals surface area contributed by atoms with Crippen LogP contribution in [-0.4, -0.2) is 30.3 Å². The molecular weight excluding hydrogens is 431 g/mol. The van der Waals surface area contributed by atoms with Crippen LogP contribution in [0.1, 0.15) is 74.1 Å². The first-order valence-corrected chi connectivity index (χ1v) is 11.7. The zero-order valence-electron chi connectivity index (χ0n) is 18.2. The number of halogens is 2. The maximum Gasteiger partial charge on any atom is 0.222 e. The summed E-state index contributed by atoms with van der Waals surface area (Å²) < 4.78 is 0. The lowest BCUT2D eigenvalue weighted by molar-refractivity contribution is -0.132. The molecule has 1 aliphatic rings. The highest BCUT2D eigenvalue weighted by Gasteiger charge is 2.32. The van der Waals surface area contributed by atoms with Crippen molar-refractivity contribution in [3.05, 3.63) is 69.2 Å². The summed E-state index contributed by atoms with van der Waals surface area (Å²) in [6.07, 6.45) is 5.06. The van der Waals surface area contributed by atoms with Gasteiger partial charge in [0.25, 0.3) is 0 Å². The molecule has 3 rings (SSSR count). The van der Waals surface area contributed by atoms with Gasteiger partial charge in [-0.15, -0.1) is 0 Å². The van der Waals surface area contributed by atoms with E-state index in [1.54, 1.807) is 0 Å². The molecule has 166 valence electrons. The van der Waals surface area contributed by atoms with Gasteiger partial charge in [0.2, 0.25) is 11.8 Å². The van der Waals surface area contributed by atoms with Gasteiger partial charge in [-0.05, 0) is 54.5 Å². The van der Waals surface area contributed by atoms with Crippen molar-refractivity contribution in [3.8, 4) is 0 Å². The summed E-state index contributed by atoms with van der Waals surface area (Å²) in [7, 11) is 1.92. The Bertz CT molecular complexity index is 931. The third-order valence-corrected chi connectivity index (χ3v) is 6.85.